The standard InChI is InChI=1S/C18H18N2O3/c1-23-15-5-2-12(3-6-15)17(21)11-20-18(22)14-4-7-16-13(10-14)8-9-19-16/h2-10,17,19,21H,11H2,1H3,(H,20,22). The van der Waals surface area contributed by atoms with Crippen LogP contribution in [0.2, 0.25) is 0 Å². The van der Waals surface area contributed by atoms with E-state index in [0.717, 1.165) is 22.2 Å². The third-order valence-corrected chi connectivity index (χ3v) is 3.77. The molecule has 0 spiro atoms. The van der Waals surface area contributed by atoms with E-state index in [-0.39, 0.29) is 12.5 Å². The number of aromatic nitrogens is 1. The Balaban J connectivity index is 1.63. The van der Waals surface area contributed by atoms with Gasteiger partial charge in [0.15, 0.2) is 0 Å². The zero-order valence-corrected chi connectivity index (χ0v) is 12.7. The largest absolute Gasteiger partial charge is 0.497 e. The maximum Gasteiger partial charge on any atom is 0.251 e. The third kappa shape index (κ3) is 3.35. The van der Waals surface area contributed by atoms with Crippen molar-refractivity contribution in [2.45, 2.75) is 6.10 Å². The summed E-state index contributed by atoms with van der Waals surface area (Å²) >= 11 is 0. The van der Waals surface area contributed by atoms with E-state index < -0.39 is 6.10 Å². The lowest BCUT2D eigenvalue weighted by molar-refractivity contribution is 0.0916. The first kappa shape index (κ1) is 15.1. The van der Waals surface area contributed by atoms with Crippen LogP contribution in [0.1, 0.15) is 22.0 Å². The van der Waals surface area contributed by atoms with Crippen molar-refractivity contribution in [3.8, 4) is 5.75 Å². The Morgan fingerprint density at radius 1 is 1.22 bits per heavy atom. The second-order valence-corrected chi connectivity index (χ2v) is 5.28. The van der Waals surface area contributed by atoms with Crippen molar-refractivity contribution >= 4 is 16.8 Å². The highest BCUT2D eigenvalue weighted by atomic mass is 16.5. The molecule has 1 atom stereocenters. The molecule has 1 amide bonds. The number of nitrogens with one attached hydrogen (secondary N) is 2. The molecular weight excluding hydrogens is 292 g/mol. The molecule has 5 nitrogen and oxygen atoms in total. The predicted molar refractivity (Wildman–Crippen MR) is 88.6 cm³/mol. The normalized spacial score (nSPS) is 12.1. The van der Waals surface area contributed by atoms with Gasteiger partial charge in [-0.25, -0.2) is 0 Å². The minimum Gasteiger partial charge on any atom is -0.497 e. The van der Waals surface area contributed by atoms with E-state index in [4.69, 9.17) is 4.74 Å². The Hall–Kier alpha value is -2.79. The molecule has 1 aromatic heterocycles. The van der Waals surface area contributed by atoms with Crippen LogP contribution in [0.4, 0.5) is 0 Å². The minimum atomic E-state index is -0.763. The van der Waals surface area contributed by atoms with Crippen molar-refractivity contribution < 1.29 is 14.6 Å². The van der Waals surface area contributed by atoms with E-state index in [2.05, 4.69) is 10.3 Å². The van der Waals surface area contributed by atoms with E-state index >= 15 is 0 Å². The number of benzene rings is 2. The van der Waals surface area contributed by atoms with E-state index in [1.807, 2.05) is 24.4 Å². The first-order chi connectivity index (χ1) is 11.2. The molecular formula is C18H18N2O3. The van der Waals surface area contributed by atoms with Crippen LogP contribution in [0.5, 0.6) is 5.75 Å². The molecule has 0 radical (unpaired) electrons. The average molecular weight is 310 g/mol. The first-order valence-corrected chi connectivity index (χ1v) is 7.35. The molecule has 0 fully saturated rings. The molecule has 0 aliphatic heterocycles. The molecule has 1 heterocycles. The summed E-state index contributed by atoms with van der Waals surface area (Å²) in [6, 6.07) is 14.5. The Kier molecular flexibility index (Phi) is 4.30. The van der Waals surface area contributed by atoms with Crippen LogP contribution in [0.15, 0.2) is 54.7 Å². The molecule has 0 saturated carbocycles. The van der Waals surface area contributed by atoms with Crippen molar-refractivity contribution in [1.82, 2.24) is 10.3 Å². The molecule has 118 valence electrons. The average Bonchev–Trinajstić information content (AvgIpc) is 3.07. The van der Waals surface area contributed by atoms with Crippen LogP contribution in [0, 0.1) is 0 Å². The summed E-state index contributed by atoms with van der Waals surface area (Å²) in [5, 5.41) is 13.9. The van der Waals surface area contributed by atoms with Crippen molar-refractivity contribution in [3.05, 3.63) is 65.9 Å². The summed E-state index contributed by atoms with van der Waals surface area (Å²) in [5.41, 5.74) is 2.28. The lowest BCUT2D eigenvalue weighted by atomic mass is 10.1. The quantitative estimate of drug-likeness (QED) is 0.678. The second-order valence-electron chi connectivity index (χ2n) is 5.28. The highest BCUT2D eigenvalue weighted by Crippen LogP contribution is 2.18. The van der Waals surface area contributed by atoms with Gasteiger partial charge >= 0.3 is 0 Å². The number of aliphatic hydroxyl groups excluding tert-OH is 1. The van der Waals surface area contributed by atoms with Crippen LogP contribution >= 0.6 is 0 Å². The molecule has 3 aromatic rings. The lowest BCUT2D eigenvalue weighted by Crippen LogP contribution is -2.28. The van der Waals surface area contributed by atoms with Gasteiger partial charge in [0.05, 0.1) is 13.2 Å². The van der Waals surface area contributed by atoms with Gasteiger partial charge in [-0.2, -0.15) is 0 Å². The molecule has 23 heavy (non-hydrogen) atoms. The molecule has 5 heteroatoms. The highest BCUT2D eigenvalue weighted by molar-refractivity contribution is 5.98. The van der Waals surface area contributed by atoms with E-state index in [0.29, 0.717) is 5.56 Å². The third-order valence-electron chi connectivity index (χ3n) is 3.77. The number of fused-ring (bicyclic) bond motifs is 1. The highest BCUT2D eigenvalue weighted by Gasteiger charge is 2.11. The number of hydrogen-bond acceptors (Lipinski definition) is 3. The number of rotatable bonds is 5. The van der Waals surface area contributed by atoms with Gasteiger partial charge in [0.1, 0.15) is 5.75 Å². The first-order valence-electron chi connectivity index (χ1n) is 7.35. The smallest absolute Gasteiger partial charge is 0.251 e. The van der Waals surface area contributed by atoms with Crippen LogP contribution in [-0.4, -0.2) is 29.7 Å². The number of ether oxygens (including phenoxy) is 1. The number of aliphatic hydroxyl groups is 1. The molecule has 0 saturated heterocycles. The summed E-state index contributed by atoms with van der Waals surface area (Å²) < 4.78 is 5.08. The van der Waals surface area contributed by atoms with Gasteiger partial charge in [0.25, 0.3) is 5.91 Å². The van der Waals surface area contributed by atoms with Gasteiger partial charge in [-0.15, -0.1) is 0 Å². The van der Waals surface area contributed by atoms with E-state index in [1.165, 1.54) is 0 Å². The maximum atomic E-state index is 12.2. The van der Waals surface area contributed by atoms with Gasteiger partial charge < -0.3 is 20.1 Å². The zero-order valence-electron chi connectivity index (χ0n) is 12.7. The van der Waals surface area contributed by atoms with E-state index in [1.54, 1.807) is 37.4 Å². The SMILES string of the molecule is COc1ccc(C(O)CNC(=O)c2ccc3[nH]ccc3c2)cc1. The van der Waals surface area contributed by atoms with Crippen LogP contribution in [0.3, 0.4) is 0 Å². The van der Waals surface area contributed by atoms with Gasteiger partial charge in [0.2, 0.25) is 0 Å². The fourth-order valence-electron chi connectivity index (χ4n) is 2.43. The molecule has 3 N–H and O–H groups in total. The number of aromatic amines is 1. The van der Waals surface area contributed by atoms with Crippen molar-refractivity contribution in [1.29, 1.82) is 0 Å². The van der Waals surface area contributed by atoms with Crippen LogP contribution in [-0.2, 0) is 0 Å². The Morgan fingerprint density at radius 3 is 2.74 bits per heavy atom. The second kappa shape index (κ2) is 6.54. The summed E-state index contributed by atoms with van der Waals surface area (Å²) in [6.45, 7) is 0.149. The zero-order chi connectivity index (χ0) is 16.2. The summed E-state index contributed by atoms with van der Waals surface area (Å²) in [7, 11) is 1.59. The van der Waals surface area contributed by atoms with Crippen molar-refractivity contribution in [2.75, 3.05) is 13.7 Å². The maximum absolute atomic E-state index is 12.2. The fraction of sp³-hybridized carbons (Fsp3) is 0.167. The number of methoxy groups -OCH3 is 1. The summed E-state index contributed by atoms with van der Waals surface area (Å²) in [5.74, 6) is 0.519. The van der Waals surface area contributed by atoms with E-state index in [9.17, 15) is 9.90 Å². The molecule has 0 bridgehead atoms. The number of carbonyl (C=O) groups excluding carboxylic acids is 1. The topological polar surface area (TPSA) is 74.3 Å². The molecule has 1 unspecified atom stereocenters. The van der Waals surface area contributed by atoms with Crippen LogP contribution in [0.25, 0.3) is 10.9 Å². The molecule has 2 aromatic carbocycles. The fourth-order valence-corrected chi connectivity index (χ4v) is 2.43. The molecule has 0 aliphatic rings. The number of hydrogen-bond donors (Lipinski definition) is 3. The number of carbonyl (C=O) groups is 1. The van der Waals surface area contributed by atoms with Crippen LogP contribution < -0.4 is 10.1 Å². The van der Waals surface area contributed by atoms with Crippen molar-refractivity contribution in [3.63, 3.8) is 0 Å². The minimum absolute atomic E-state index is 0.149. The van der Waals surface area contributed by atoms with Gasteiger partial charge in [-0.3, -0.25) is 4.79 Å². The lowest BCUT2D eigenvalue weighted by Gasteiger charge is -2.13. The molecule has 0 aliphatic carbocycles. The number of H-pyrrole nitrogens is 1. The monoisotopic (exact) mass is 310 g/mol. The van der Waals surface area contributed by atoms with Gasteiger partial charge in [-0.1, -0.05) is 12.1 Å². The Bertz CT molecular complexity index is 809. The number of amides is 1. The predicted octanol–water partition coefficient (Wildman–Crippen LogP) is 2.64. The van der Waals surface area contributed by atoms with Crippen molar-refractivity contribution in [2.24, 2.45) is 0 Å². The summed E-state index contributed by atoms with van der Waals surface area (Å²) in [6.07, 6.45) is 1.07. The molecule has 3 rings (SSSR count). The van der Waals surface area contributed by atoms with Gasteiger partial charge in [-0.05, 0) is 42.0 Å². The summed E-state index contributed by atoms with van der Waals surface area (Å²) in [4.78, 5) is 15.3. The Morgan fingerprint density at radius 2 is 2.00 bits per heavy atom. The Labute approximate surface area is 133 Å². The van der Waals surface area contributed by atoms with Gasteiger partial charge in [0, 0.05) is 29.2 Å².